The predicted octanol–water partition coefficient (Wildman–Crippen LogP) is 1.92. The number of hydrogen-bond acceptors (Lipinski definition) is 6. The lowest BCUT2D eigenvalue weighted by Crippen LogP contribution is -2.35. The fourth-order valence-electron chi connectivity index (χ4n) is 2.60. The number of nitrogens with zero attached hydrogens (tertiary/aromatic N) is 1. The smallest absolute Gasteiger partial charge is 0.266 e. The highest BCUT2D eigenvalue weighted by molar-refractivity contribution is 7.07. The van der Waals surface area contributed by atoms with E-state index in [9.17, 15) is 14.4 Å². The number of nitrogens with one attached hydrogen (secondary N) is 1. The zero-order chi connectivity index (χ0) is 23.3. The minimum absolute atomic E-state index is 0.0573. The van der Waals surface area contributed by atoms with E-state index in [-0.39, 0.29) is 17.2 Å². The quantitative estimate of drug-likeness (QED) is 0.702. The fourth-order valence-corrected chi connectivity index (χ4v) is 3.48. The van der Waals surface area contributed by atoms with Crippen LogP contribution in [0.5, 0.6) is 11.5 Å². The highest BCUT2D eigenvalue weighted by Gasteiger charge is 2.19. The molecular weight excluding hydrogens is 416 g/mol. The molecule has 2 aromatic rings. The first-order valence-corrected chi connectivity index (χ1v) is 10.9. The average molecular weight is 447 g/mol. The SMILES string of the molecule is CCOc1cc(/C=c2\s/c(=C\C(=O)C(C)(C)C)[nH]c2=O)ccc1OC(C)C(=O)N(C)C. The average Bonchev–Trinajstić information content (AvgIpc) is 3.01. The number of hydrogen-bond donors (Lipinski definition) is 1. The summed E-state index contributed by atoms with van der Waals surface area (Å²) < 4.78 is 12.5. The van der Waals surface area contributed by atoms with E-state index in [1.165, 1.54) is 22.3 Å². The third-order valence-corrected chi connectivity index (χ3v) is 5.30. The van der Waals surface area contributed by atoms with Crippen molar-refractivity contribution in [3.8, 4) is 11.5 Å². The Hall–Kier alpha value is -2.87. The Morgan fingerprint density at radius 1 is 1.23 bits per heavy atom. The van der Waals surface area contributed by atoms with Crippen LogP contribution < -0.4 is 24.2 Å². The summed E-state index contributed by atoms with van der Waals surface area (Å²) in [6.45, 7) is 9.44. The van der Waals surface area contributed by atoms with Crippen LogP contribution in [-0.4, -0.2) is 48.4 Å². The number of likely N-dealkylation sites (N-methyl/N-ethyl adjacent to an activating group) is 1. The number of H-pyrrole nitrogens is 1. The molecule has 0 bridgehead atoms. The van der Waals surface area contributed by atoms with E-state index in [4.69, 9.17) is 9.47 Å². The van der Waals surface area contributed by atoms with Gasteiger partial charge in [-0.2, -0.15) is 0 Å². The summed E-state index contributed by atoms with van der Waals surface area (Å²) in [6, 6.07) is 5.26. The van der Waals surface area contributed by atoms with Crippen LogP contribution in [-0.2, 0) is 9.59 Å². The van der Waals surface area contributed by atoms with Gasteiger partial charge in [0, 0.05) is 25.6 Å². The molecule has 1 aromatic heterocycles. The molecule has 0 fully saturated rings. The Labute approximate surface area is 186 Å². The highest BCUT2D eigenvalue weighted by Crippen LogP contribution is 2.30. The molecule has 1 N–H and O–H groups in total. The van der Waals surface area contributed by atoms with E-state index in [0.29, 0.717) is 27.3 Å². The van der Waals surface area contributed by atoms with Crippen LogP contribution in [0.4, 0.5) is 0 Å². The van der Waals surface area contributed by atoms with Gasteiger partial charge in [-0.25, -0.2) is 0 Å². The Morgan fingerprint density at radius 2 is 1.90 bits per heavy atom. The topological polar surface area (TPSA) is 88.7 Å². The Morgan fingerprint density at radius 3 is 2.48 bits per heavy atom. The van der Waals surface area contributed by atoms with Crippen molar-refractivity contribution in [3.05, 3.63) is 43.3 Å². The van der Waals surface area contributed by atoms with E-state index in [1.54, 1.807) is 45.3 Å². The second-order valence-electron chi connectivity index (χ2n) is 8.32. The highest BCUT2D eigenvalue weighted by atomic mass is 32.1. The van der Waals surface area contributed by atoms with E-state index < -0.39 is 11.5 Å². The second-order valence-corrected chi connectivity index (χ2v) is 9.40. The molecule has 1 heterocycles. The lowest BCUT2D eigenvalue weighted by molar-refractivity contribution is -0.135. The van der Waals surface area contributed by atoms with Gasteiger partial charge in [0.15, 0.2) is 23.4 Å². The minimum Gasteiger partial charge on any atom is -0.490 e. The molecule has 7 nitrogen and oxygen atoms in total. The van der Waals surface area contributed by atoms with Gasteiger partial charge in [0.05, 0.1) is 15.8 Å². The van der Waals surface area contributed by atoms with Gasteiger partial charge >= 0.3 is 0 Å². The maximum atomic E-state index is 12.3. The third-order valence-electron chi connectivity index (χ3n) is 4.34. The summed E-state index contributed by atoms with van der Waals surface area (Å²) in [5, 5.41) is 0. The van der Waals surface area contributed by atoms with E-state index in [1.807, 2.05) is 27.7 Å². The Bertz CT molecular complexity index is 1120. The zero-order valence-corrected chi connectivity index (χ0v) is 19.9. The normalized spacial score (nSPS) is 13.8. The standard InChI is InChI=1S/C23H30N2O5S/c1-8-29-17-11-15(9-10-16(17)30-14(2)22(28)25(6)7)12-18-21(27)24-20(31-18)13-19(26)23(3,4)5/h9-14H,8H2,1-7H3,(H,24,27)/b18-12-,20-13-. The predicted molar refractivity (Wildman–Crippen MR) is 123 cm³/mol. The molecule has 2 rings (SSSR count). The molecule has 168 valence electrons. The van der Waals surface area contributed by atoms with Crippen LogP contribution in [0, 0.1) is 5.41 Å². The van der Waals surface area contributed by atoms with Crippen molar-refractivity contribution < 1.29 is 19.1 Å². The fraction of sp³-hybridized carbons (Fsp3) is 0.435. The van der Waals surface area contributed by atoms with Crippen molar-refractivity contribution in [2.45, 2.75) is 40.7 Å². The van der Waals surface area contributed by atoms with Crippen molar-refractivity contribution >= 4 is 35.2 Å². The van der Waals surface area contributed by atoms with Crippen LogP contribution in [0.3, 0.4) is 0 Å². The number of ketones is 1. The molecule has 8 heteroatoms. The van der Waals surface area contributed by atoms with Gasteiger partial charge in [-0.3, -0.25) is 14.4 Å². The molecule has 0 spiro atoms. The molecule has 31 heavy (non-hydrogen) atoms. The minimum atomic E-state index is -0.664. The van der Waals surface area contributed by atoms with Crippen molar-refractivity contribution in [1.29, 1.82) is 0 Å². The Kier molecular flexibility index (Phi) is 7.84. The molecule has 0 saturated heterocycles. The second kappa shape index (κ2) is 9.96. The number of benzene rings is 1. The van der Waals surface area contributed by atoms with Gasteiger partial charge in [-0.15, -0.1) is 11.3 Å². The number of thiazole rings is 1. The molecule has 0 aliphatic heterocycles. The lowest BCUT2D eigenvalue weighted by Gasteiger charge is -2.20. The first kappa shape index (κ1) is 24.4. The molecule has 0 aliphatic carbocycles. The first-order chi connectivity index (χ1) is 14.4. The van der Waals surface area contributed by atoms with Crippen molar-refractivity contribution in [1.82, 2.24) is 9.88 Å². The van der Waals surface area contributed by atoms with Gasteiger partial charge < -0.3 is 19.4 Å². The number of aromatic nitrogens is 1. The van der Waals surface area contributed by atoms with Crippen LogP contribution >= 0.6 is 11.3 Å². The molecule has 1 aromatic carbocycles. The number of amides is 1. The van der Waals surface area contributed by atoms with E-state index >= 15 is 0 Å². The van der Waals surface area contributed by atoms with Gasteiger partial charge in [-0.05, 0) is 37.6 Å². The summed E-state index contributed by atoms with van der Waals surface area (Å²) in [6.07, 6.45) is 2.53. The number of Topliss-reactive ketones (excluding diaryl/α,β-unsaturated/α-hetero) is 1. The largest absolute Gasteiger partial charge is 0.490 e. The Balaban J connectivity index is 2.40. The molecule has 0 radical (unpaired) electrons. The molecular formula is C23H30N2O5S. The summed E-state index contributed by atoms with van der Waals surface area (Å²) in [5.41, 5.74) is -0.0390. The van der Waals surface area contributed by atoms with Gasteiger partial charge in [0.2, 0.25) is 0 Å². The third kappa shape index (κ3) is 6.55. The van der Waals surface area contributed by atoms with Crippen molar-refractivity contribution in [2.24, 2.45) is 5.41 Å². The van der Waals surface area contributed by atoms with Crippen LogP contribution in [0.15, 0.2) is 23.0 Å². The number of carbonyl (C=O) groups excluding carboxylic acids is 2. The van der Waals surface area contributed by atoms with Gasteiger partial charge in [0.25, 0.3) is 11.5 Å². The van der Waals surface area contributed by atoms with E-state index in [0.717, 1.165) is 5.56 Å². The molecule has 0 saturated carbocycles. The molecule has 1 amide bonds. The maximum Gasteiger partial charge on any atom is 0.266 e. The molecule has 1 atom stereocenters. The maximum absolute atomic E-state index is 12.3. The zero-order valence-electron chi connectivity index (χ0n) is 19.1. The number of ether oxygens (including phenoxy) is 2. The summed E-state index contributed by atoms with van der Waals surface area (Å²) in [5.74, 6) is 0.721. The molecule has 0 aliphatic rings. The van der Waals surface area contributed by atoms with Crippen LogP contribution in [0.1, 0.15) is 40.2 Å². The van der Waals surface area contributed by atoms with Crippen molar-refractivity contribution in [3.63, 3.8) is 0 Å². The first-order valence-electron chi connectivity index (χ1n) is 10.0. The van der Waals surface area contributed by atoms with E-state index in [2.05, 4.69) is 4.98 Å². The monoisotopic (exact) mass is 446 g/mol. The van der Waals surface area contributed by atoms with Gasteiger partial charge in [-0.1, -0.05) is 26.8 Å². The van der Waals surface area contributed by atoms with Gasteiger partial charge in [0.1, 0.15) is 0 Å². The van der Waals surface area contributed by atoms with Crippen LogP contribution in [0.2, 0.25) is 0 Å². The van der Waals surface area contributed by atoms with Crippen LogP contribution in [0.25, 0.3) is 12.2 Å². The summed E-state index contributed by atoms with van der Waals surface area (Å²) in [4.78, 5) is 40.8. The molecule has 1 unspecified atom stereocenters. The van der Waals surface area contributed by atoms with Crippen molar-refractivity contribution in [2.75, 3.05) is 20.7 Å². The summed E-state index contributed by atoms with van der Waals surface area (Å²) >= 11 is 1.22. The summed E-state index contributed by atoms with van der Waals surface area (Å²) in [7, 11) is 3.34. The lowest BCUT2D eigenvalue weighted by atomic mass is 9.91. The number of carbonyl (C=O) groups is 2. The number of rotatable bonds is 7. The number of aromatic amines is 1.